The molecule has 0 aliphatic heterocycles. The smallest absolute Gasteiger partial charge is 0.207 e. The van der Waals surface area contributed by atoms with Gasteiger partial charge >= 0.3 is 0 Å². The van der Waals surface area contributed by atoms with E-state index in [2.05, 4.69) is 5.16 Å². The summed E-state index contributed by atoms with van der Waals surface area (Å²) in [5, 5.41) is 3.89. The van der Waals surface area contributed by atoms with Crippen molar-refractivity contribution < 1.29 is 27.9 Å². The number of rotatable bonds is 6. The largest absolute Gasteiger partial charge is 0.493 e. The molecule has 0 bridgehead atoms. The molecular weight excluding hydrogens is 341 g/mol. The predicted octanol–water partition coefficient (Wildman–Crippen LogP) is 4.18. The van der Waals surface area contributed by atoms with Crippen LogP contribution in [0.15, 0.2) is 41.1 Å². The zero-order chi connectivity index (χ0) is 18.7. The van der Waals surface area contributed by atoms with Crippen molar-refractivity contribution in [1.82, 2.24) is 5.16 Å². The number of methoxy groups -OCH3 is 4. The highest BCUT2D eigenvalue weighted by Gasteiger charge is 2.25. The molecule has 3 rings (SSSR count). The van der Waals surface area contributed by atoms with Gasteiger partial charge in [0.15, 0.2) is 17.3 Å². The van der Waals surface area contributed by atoms with Gasteiger partial charge in [-0.15, -0.1) is 0 Å². The van der Waals surface area contributed by atoms with E-state index in [0.29, 0.717) is 45.4 Å². The number of hydrogen-bond acceptors (Lipinski definition) is 6. The highest BCUT2D eigenvalue weighted by Crippen LogP contribution is 2.51. The summed E-state index contributed by atoms with van der Waals surface area (Å²) in [6.07, 6.45) is 1.56. The first-order chi connectivity index (χ1) is 12.6. The molecule has 7 heteroatoms. The Balaban J connectivity index is 2.25. The summed E-state index contributed by atoms with van der Waals surface area (Å²) in [5.74, 6) is 1.84. The van der Waals surface area contributed by atoms with Gasteiger partial charge in [-0.25, -0.2) is 4.39 Å². The Hall–Kier alpha value is -3.22. The molecule has 0 fully saturated rings. The quantitative estimate of drug-likeness (QED) is 0.658. The second kappa shape index (κ2) is 7.35. The Bertz CT molecular complexity index is 905. The second-order valence-corrected chi connectivity index (χ2v) is 5.30. The molecular formula is C19H18FNO5. The minimum atomic E-state index is -0.333. The summed E-state index contributed by atoms with van der Waals surface area (Å²) >= 11 is 0. The second-order valence-electron chi connectivity index (χ2n) is 5.30. The Morgan fingerprint density at radius 2 is 1.46 bits per heavy atom. The lowest BCUT2D eigenvalue weighted by atomic mass is 10.0. The van der Waals surface area contributed by atoms with Crippen LogP contribution in [-0.4, -0.2) is 33.6 Å². The molecule has 0 aliphatic rings. The van der Waals surface area contributed by atoms with E-state index in [1.165, 1.54) is 40.6 Å². The van der Waals surface area contributed by atoms with Gasteiger partial charge in [0.2, 0.25) is 11.5 Å². The topological polar surface area (TPSA) is 63.0 Å². The SMILES string of the molecule is COc1cc(-c2cnoc2-c2ccc(F)cc2)c(OC)c(OC)c1OC. The monoisotopic (exact) mass is 359 g/mol. The van der Waals surface area contributed by atoms with Gasteiger partial charge in [0.05, 0.1) is 40.2 Å². The third-order valence-electron chi connectivity index (χ3n) is 3.96. The Morgan fingerprint density at radius 3 is 2.04 bits per heavy atom. The van der Waals surface area contributed by atoms with Gasteiger partial charge in [-0.1, -0.05) is 5.16 Å². The molecule has 26 heavy (non-hydrogen) atoms. The van der Waals surface area contributed by atoms with E-state index in [1.54, 1.807) is 24.4 Å². The highest BCUT2D eigenvalue weighted by molar-refractivity contribution is 5.86. The lowest BCUT2D eigenvalue weighted by molar-refractivity contribution is 0.306. The Kier molecular flexibility index (Phi) is 4.97. The summed E-state index contributed by atoms with van der Waals surface area (Å²) in [4.78, 5) is 0. The van der Waals surface area contributed by atoms with E-state index in [-0.39, 0.29) is 5.82 Å². The maximum Gasteiger partial charge on any atom is 0.207 e. The van der Waals surface area contributed by atoms with Crippen LogP contribution in [0.25, 0.3) is 22.5 Å². The first kappa shape index (κ1) is 17.6. The number of halogens is 1. The van der Waals surface area contributed by atoms with Crippen LogP contribution in [-0.2, 0) is 0 Å². The summed E-state index contributed by atoms with van der Waals surface area (Å²) in [7, 11) is 6.08. The van der Waals surface area contributed by atoms with Gasteiger partial charge < -0.3 is 23.5 Å². The summed E-state index contributed by atoms with van der Waals surface area (Å²) in [5.41, 5.74) is 1.96. The van der Waals surface area contributed by atoms with E-state index in [4.69, 9.17) is 23.5 Å². The Labute approximate surface area is 150 Å². The number of nitrogens with zero attached hydrogens (tertiary/aromatic N) is 1. The number of hydrogen-bond donors (Lipinski definition) is 0. The van der Waals surface area contributed by atoms with Crippen molar-refractivity contribution in [2.45, 2.75) is 0 Å². The standard InChI is InChI=1S/C19H18FNO5/c1-22-15-9-13(17(23-2)19(25-4)18(15)24-3)14-10-21-26-16(14)11-5-7-12(20)8-6-11/h5-10H,1-4H3. The molecule has 0 saturated heterocycles. The van der Waals surface area contributed by atoms with Gasteiger partial charge in [0, 0.05) is 11.1 Å². The predicted molar refractivity (Wildman–Crippen MR) is 93.5 cm³/mol. The van der Waals surface area contributed by atoms with Crippen LogP contribution in [0.3, 0.4) is 0 Å². The van der Waals surface area contributed by atoms with Crippen molar-refractivity contribution in [3.63, 3.8) is 0 Å². The Morgan fingerprint density at radius 1 is 0.808 bits per heavy atom. The highest BCUT2D eigenvalue weighted by atomic mass is 19.1. The average molecular weight is 359 g/mol. The van der Waals surface area contributed by atoms with Crippen LogP contribution in [0, 0.1) is 5.82 Å². The molecule has 3 aromatic rings. The van der Waals surface area contributed by atoms with Crippen molar-refractivity contribution in [2.75, 3.05) is 28.4 Å². The van der Waals surface area contributed by atoms with Crippen molar-refractivity contribution >= 4 is 0 Å². The third kappa shape index (κ3) is 2.92. The van der Waals surface area contributed by atoms with E-state index in [1.807, 2.05) is 0 Å². The maximum atomic E-state index is 13.2. The first-order valence-electron chi connectivity index (χ1n) is 7.72. The minimum absolute atomic E-state index is 0.333. The van der Waals surface area contributed by atoms with Gasteiger partial charge in [-0.3, -0.25) is 0 Å². The van der Waals surface area contributed by atoms with Crippen LogP contribution in [0.4, 0.5) is 4.39 Å². The van der Waals surface area contributed by atoms with Crippen molar-refractivity contribution in [1.29, 1.82) is 0 Å². The van der Waals surface area contributed by atoms with Gasteiger partial charge in [0.1, 0.15) is 5.82 Å². The average Bonchev–Trinajstić information content (AvgIpc) is 3.16. The van der Waals surface area contributed by atoms with E-state index in [9.17, 15) is 4.39 Å². The molecule has 0 atom stereocenters. The zero-order valence-electron chi connectivity index (χ0n) is 14.8. The normalized spacial score (nSPS) is 10.5. The molecule has 2 aromatic carbocycles. The number of ether oxygens (including phenoxy) is 4. The summed E-state index contributed by atoms with van der Waals surface area (Å²) in [6, 6.07) is 7.69. The van der Waals surface area contributed by atoms with E-state index in [0.717, 1.165) is 0 Å². The summed E-state index contributed by atoms with van der Waals surface area (Å²) < 4.78 is 40.5. The van der Waals surface area contributed by atoms with Gasteiger partial charge in [0.25, 0.3) is 0 Å². The lowest BCUT2D eigenvalue weighted by Gasteiger charge is -2.18. The molecule has 1 aromatic heterocycles. The molecule has 0 aliphatic carbocycles. The van der Waals surface area contributed by atoms with Gasteiger partial charge in [-0.2, -0.15) is 0 Å². The molecule has 1 heterocycles. The zero-order valence-corrected chi connectivity index (χ0v) is 14.8. The fourth-order valence-electron chi connectivity index (χ4n) is 2.77. The molecule has 0 radical (unpaired) electrons. The van der Waals surface area contributed by atoms with E-state index < -0.39 is 0 Å². The number of benzene rings is 2. The van der Waals surface area contributed by atoms with Gasteiger partial charge in [-0.05, 0) is 30.3 Å². The van der Waals surface area contributed by atoms with Crippen molar-refractivity contribution in [3.8, 4) is 45.4 Å². The molecule has 0 amide bonds. The molecule has 136 valence electrons. The molecule has 0 unspecified atom stereocenters. The minimum Gasteiger partial charge on any atom is -0.493 e. The lowest BCUT2D eigenvalue weighted by Crippen LogP contribution is -2.00. The first-order valence-corrected chi connectivity index (χ1v) is 7.72. The van der Waals surface area contributed by atoms with E-state index >= 15 is 0 Å². The summed E-state index contributed by atoms with van der Waals surface area (Å²) in [6.45, 7) is 0. The van der Waals surface area contributed by atoms with Crippen LogP contribution in [0.5, 0.6) is 23.0 Å². The maximum absolute atomic E-state index is 13.2. The van der Waals surface area contributed by atoms with Crippen molar-refractivity contribution in [2.24, 2.45) is 0 Å². The van der Waals surface area contributed by atoms with Crippen LogP contribution < -0.4 is 18.9 Å². The fourth-order valence-corrected chi connectivity index (χ4v) is 2.77. The molecule has 0 spiro atoms. The number of aromatic nitrogens is 1. The van der Waals surface area contributed by atoms with Crippen LogP contribution in [0.1, 0.15) is 0 Å². The van der Waals surface area contributed by atoms with Crippen LogP contribution >= 0.6 is 0 Å². The third-order valence-corrected chi connectivity index (χ3v) is 3.96. The van der Waals surface area contributed by atoms with Crippen molar-refractivity contribution in [3.05, 3.63) is 42.3 Å². The molecule has 0 N–H and O–H groups in total. The molecule has 6 nitrogen and oxygen atoms in total. The molecule has 0 saturated carbocycles. The fraction of sp³-hybridized carbons (Fsp3) is 0.211. The van der Waals surface area contributed by atoms with Crippen LogP contribution in [0.2, 0.25) is 0 Å².